The van der Waals surface area contributed by atoms with Crippen LogP contribution in [0.25, 0.3) is 0 Å². The first-order chi connectivity index (χ1) is 18.5. The number of rotatable bonds is 7. The highest BCUT2D eigenvalue weighted by molar-refractivity contribution is 5.95. The van der Waals surface area contributed by atoms with E-state index in [2.05, 4.69) is 16.0 Å². The van der Waals surface area contributed by atoms with Gasteiger partial charge < -0.3 is 26.0 Å². The largest absolute Gasteiger partial charge is 0.424 e. The van der Waals surface area contributed by atoms with Gasteiger partial charge in [-0.1, -0.05) is 24.3 Å². The van der Waals surface area contributed by atoms with E-state index in [0.717, 1.165) is 31.2 Å². The second kappa shape index (κ2) is 11.8. The van der Waals surface area contributed by atoms with Gasteiger partial charge in [-0.2, -0.15) is 13.2 Å². The van der Waals surface area contributed by atoms with Gasteiger partial charge in [0.1, 0.15) is 12.5 Å². The number of carbonyl (C=O) groups excluding carboxylic acids is 2. The SMILES string of the molecule is O=C(Nc1ccc(C(=O)N2CCN(Cc3ccc(C(O)(CF)C(F)(F)F)cc3)CC2)cc1F)N[C@@H]1CCNC1. The minimum atomic E-state index is -5.15. The van der Waals surface area contributed by atoms with Crippen molar-refractivity contribution >= 4 is 17.6 Å². The summed E-state index contributed by atoms with van der Waals surface area (Å²) in [5, 5.41) is 18.1. The van der Waals surface area contributed by atoms with Crippen molar-refractivity contribution in [3.05, 3.63) is 65.0 Å². The van der Waals surface area contributed by atoms with Gasteiger partial charge >= 0.3 is 12.2 Å². The van der Waals surface area contributed by atoms with Crippen LogP contribution in [-0.2, 0) is 12.1 Å². The van der Waals surface area contributed by atoms with Crippen molar-refractivity contribution in [1.29, 1.82) is 0 Å². The smallest absolute Gasteiger partial charge is 0.374 e. The van der Waals surface area contributed by atoms with Crippen LogP contribution in [0.3, 0.4) is 0 Å². The maximum Gasteiger partial charge on any atom is 0.424 e. The number of nitrogens with zero attached hydrogens (tertiary/aromatic N) is 2. The average molecular weight is 556 g/mol. The van der Waals surface area contributed by atoms with Crippen LogP contribution in [0.5, 0.6) is 0 Å². The molecular formula is C26H30F5N5O3. The van der Waals surface area contributed by atoms with Crippen molar-refractivity contribution in [2.75, 3.05) is 51.3 Å². The Labute approximate surface area is 222 Å². The number of hydrogen-bond acceptors (Lipinski definition) is 5. The molecule has 0 radical (unpaired) electrons. The van der Waals surface area contributed by atoms with Crippen molar-refractivity contribution in [3.8, 4) is 0 Å². The van der Waals surface area contributed by atoms with E-state index in [9.17, 15) is 36.6 Å². The number of piperazine rings is 1. The van der Waals surface area contributed by atoms with Crippen molar-refractivity contribution in [3.63, 3.8) is 0 Å². The molecule has 2 saturated heterocycles. The molecule has 0 aromatic heterocycles. The van der Waals surface area contributed by atoms with Crippen LogP contribution < -0.4 is 16.0 Å². The third-order valence-electron chi connectivity index (χ3n) is 7.02. The maximum atomic E-state index is 14.6. The van der Waals surface area contributed by atoms with Gasteiger partial charge in [0.25, 0.3) is 5.91 Å². The lowest BCUT2D eigenvalue weighted by molar-refractivity contribution is -0.271. The Kier molecular flexibility index (Phi) is 8.72. The fourth-order valence-corrected chi connectivity index (χ4v) is 4.62. The fourth-order valence-electron chi connectivity index (χ4n) is 4.62. The first kappa shape index (κ1) is 28.7. The second-order valence-corrected chi connectivity index (χ2v) is 9.74. The number of urea groups is 1. The highest BCUT2D eigenvalue weighted by Gasteiger charge is 2.55. The number of carbonyl (C=O) groups is 2. The van der Waals surface area contributed by atoms with Crippen LogP contribution in [0.4, 0.5) is 32.4 Å². The lowest BCUT2D eigenvalue weighted by atomic mass is 9.93. The molecule has 2 atom stereocenters. The number of benzene rings is 2. The number of anilines is 1. The third-order valence-corrected chi connectivity index (χ3v) is 7.02. The number of alkyl halides is 4. The number of aliphatic hydroxyl groups is 1. The molecule has 4 N–H and O–H groups in total. The molecule has 3 amide bonds. The lowest BCUT2D eigenvalue weighted by Crippen LogP contribution is -2.48. The van der Waals surface area contributed by atoms with E-state index in [-0.39, 0.29) is 23.2 Å². The van der Waals surface area contributed by atoms with Crippen LogP contribution in [0, 0.1) is 5.82 Å². The molecule has 2 aliphatic heterocycles. The molecule has 0 aliphatic carbocycles. The number of hydrogen-bond donors (Lipinski definition) is 4. The van der Waals surface area contributed by atoms with Gasteiger partial charge in [0.15, 0.2) is 0 Å². The Balaban J connectivity index is 1.28. The van der Waals surface area contributed by atoms with Crippen molar-refractivity contribution in [2.24, 2.45) is 0 Å². The minimum Gasteiger partial charge on any atom is -0.374 e. The van der Waals surface area contributed by atoms with E-state index in [0.29, 0.717) is 44.8 Å². The van der Waals surface area contributed by atoms with Crippen LogP contribution in [0.1, 0.15) is 27.9 Å². The molecule has 212 valence electrons. The van der Waals surface area contributed by atoms with E-state index >= 15 is 0 Å². The topological polar surface area (TPSA) is 96.9 Å². The summed E-state index contributed by atoms with van der Waals surface area (Å²) < 4.78 is 66.9. The molecule has 8 nitrogen and oxygen atoms in total. The summed E-state index contributed by atoms with van der Waals surface area (Å²) in [6.45, 7) is 1.51. The molecule has 2 fully saturated rings. The predicted molar refractivity (Wildman–Crippen MR) is 133 cm³/mol. The van der Waals surface area contributed by atoms with Gasteiger partial charge in [-0.3, -0.25) is 9.69 Å². The summed E-state index contributed by atoms with van der Waals surface area (Å²) >= 11 is 0. The van der Waals surface area contributed by atoms with E-state index in [1.54, 1.807) is 4.90 Å². The Hall–Kier alpha value is -3.29. The summed E-state index contributed by atoms with van der Waals surface area (Å²) in [5.74, 6) is -1.09. The van der Waals surface area contributed by atoms with Crippen LogP contribution in [0.2, 0.25) is 0 Å². The summed E-state index contributed by atoms with van der Waals surface area (Å²) in [4.78, 5) is 28.6. The zero-order valence-electron chi connectivity index (χ0n) is 21.0. The molecule has 13 heteroatoms. The normalized spacial score (nSPS) is 19.9. The number of halogens is 5. The maximum absolute atomic E-state index is 14.6. The summed E-state index contributed by atoms with van der Waals surface area (Å²) in [6.07, 6.45) is -4.36. The fraction of sp³-hybridized carbons (Fsp3) is 0.462. The molecule has 2 aromatic carbocycles. The quantitative estimate of drug-likeness (QED) is 0.394. The monoisotopic (exact) mass is 555 g/mol. The van der Waals surface area contributed by atoms with Gasteiger partial charge in [0.2, 0.25) is 5.60 Å². The zero-order valence-corrected chi connectivity index (χ0v) is 21.0. The molecule has 39 heavy (non-hydrogen) atoms. The third kappa shape index (κ3) is 6.65. The van der Waals surface area contributed by atoms with Gasteiger partial charge in [-0.25, -0.2) is 13.6 Å². The zero-order chi connectivity index (χ0) is 28.2. The first-order valence-corrected chi connectivity index (χ1v) is 12.5. The summed E-state index contributed by atoms with van der Waals surface area (Å²) in [7, 11) is 0. The highest BCUT2D eigenvalue weighted by Crippen LogP contribution is 2.39. The number of nitrogens with one attached hydrogen (secondary N) is 3. The van der Waals surface area contributed by atoms with Gasteiger partial charge in [0, 0.05) is 50.9 Å². The van der Waals surface area contributed by atoms with Gasteiger partial charge in [-0.05, 0) is 42.3 Å². The Morgan fingerprint density at radius 3 is 2.31 bits per heavy atom. The summed E-state index contributed by atoms with van der Waals surface area (Å²) in [6, 6.07) is 8.26. The standard InChI is InChI=1S/C26H30F5N5O3/c27-16-25(39,26(29,30)31)19-4-1-17(2-5-19)15-35-9-11-36(12-10-35)23(37)18-3-6-22(21(28)13-18)34-24(38)33-20-7-8-32-14-20/h1-6,13,20,32,39H,7-12,14-16H2,(H2,33,34,38)/t20-,25?/m1/s1. The predicted octanol–water partition coefficient (Wildman–Crippen LogP) is 2.99. The molecule has 0 saturated carbocycles. The molecule has 1 unspecified atom stereocenters. The van der Waals surface area contributed by atoms with Crippen molar-refractivity contribution in [1.82, 2.24) is 20.4 Å². The molecule has 2 aromatic rings. The molecular weight excluding hydrogens is 525 g/mol. The number of amides is 3. The van der Waals surface area contributed by atoms with E-state index < -0.39 is 35.9 Å². The van der Waals surface area contributed by atoms with Crippen LogP contribution in [-0.4, -0.2) is 85.0 Å². The Morgan fingerprint density at radius 1 is 1.05 bits per heavy atom. The van der Waals surface area contributed by atoms with E-state index in [1.165, 1.54) is 24.3 Å². The molecule has 2 heterocycles. The molecule has 4 rings (SSSR count). The highest BCUT2D eigenvalue weighted by atomic mass is 19.4. The molecule has 0 spiro atoms. The van der Waals surface area contributed by atoms with E-state index in [1.807, 2.05) is 4.90 Å². The van der Waals surface area contributed by atoms with Crippen LogP contribution in [0.15, 0.2) is 42.5 Å². The second-order valence-electron chi connectivity index (χ2n) is 9.74. The first-order valence-electron chi connectivity index (χ1n) is 12.5. The van der Waals surface area contributed by atoms with Crippen molar-refractivity contribution in [2.45, 2.75) is 30.8 Å². The molecule has 2 aliphatic rings. The van der Waals surface area contributed by atoms with Gasteiger partial charge in [-0.15, -0.1) is 0 Å². The minimum absolute atomic E-state index is 0.0253. The van der Waals surface area contributed by atoms with Crippen molar-refractivity contribution < 1.29 is 36.6 Å². The average Bonchev–Trinajstić information content (AvgIpc) is 3.42. The lowest BCUT2D eigenvalue weighted by Gasteiger charge is -2.35. The summed E-state index contributed by atoms with van der Waals surface area (Å²) in [5.41, 5.74) is -3.35. The van der Waals surface area contributed by atoms with Crippen LogP contribution >= 0.6 is 0 Å². The molecule has 0 bridgehead atoms. The van der Waals surface area contributed by atoms with E-state index in [4.69, 9.17) is 0 Å². The van der Waals surface area contributed by atoms with Gasteiger partial charge in [0.05, 0.1) is 5.69 Å². The Bertz CT molecular complexity index is 1170. The Morgan fingerprint density at radius 2 is 1.74 bits per heavy atom.